The third kappa shape index (κ3) is 1.73. The van der Waals surface area contributed by atoms with E-state index in [0.29, 0.717) is 29.5 Å². The highest BCUT2D eigenvalue weighted by atomic mass is 35.5. The van der Waals surface area contributed by atoms with Crippen LogP contribution in [0.15, 0.2) is 18.2 Å². The van der Waals surface area contributed by atoms with Crippen LogP contribution in [0.25, 0.3) is 0 Å². The Balaban J connectivity index is 2.43. The minimum Gasteiger partial charge on any atom is -0.398 e. The molecule has 1 aliphatic rings. The van der Waals surface area contributed by atoms with E-state index in [1.165, 1.54) is 8.61 Å². The zero-order chi connectivity index (χ0) is 11.9. The maximum absolute atomic E-state index is 11.9. The minimum absolute atomic E-state index is 0.363. The molecule has 5 nitrogen and oxygen atoms in total. The summed E-state index contributed by atoms with van der Waals surface area (Å²) in [4.78, 5) is 0. The van der Waals surface area contributed by atoms with E-state index >= 15 is 0 Å². The Bertz CT molecular complexity index is 517. The summed E-state index contributed by atoms with van der Waals surface area (Å²) in [5.41, 5.74) is 6.56. The number of hydrogen-bond donors (Lipinski definition) is 1. The van der Waals surface area contributed by atoms with Gasteiger partial charge in [0.15, 0.2) is 0 Å². The van der Waals surface area contributed by atoms with E-state index in [9.17, 15) is 8.42 Å². The van der Waals surface area contributed by atoms with Crippen molar-refractivity contribution < 1.29 is 8.42 Å². The van der Waals surface area contributed by atoms with Crippen LogP contribution in [0.5, 0.6) is 0 Å². The van der Waals surface area contributed by atoms with Crippen molar-refractivity contribution in [3.8, 4) is 0 Å². The normalized spacial score (nSPS) is 20.2. The summed E-state index contributed by atoms with van der Waals surface area (Å²) >= 11 is 5.86. The average Bonchev–Trinajstić information content (AvgIpc) is 2.47. The van der Waals surface area contributed by atoms with Crippen LogP contribution in [0.4, 0.5) is 11.4 Å². The lowest BCUT2D eigenvalue weighted by Gasteiger charge is -2.18. The number of nitrogens with two attached hydrogens (primary N) is 1. The molecule has 0 amide bonds. The molecule has 0 saturated carbocycles. The quantitative estimate of drug-likeness (QED) is 0.765. The molecule has 2 N–H and O–H groups in total. The molecule has 1 aliphatic heterocycles. The van der Waals surface area contributed by atoms with Gasteiger partial charge in [0.05, 0.1) is 16.4 Å². The molecule has 1 heterocycles. The highest BCUT2D eigenvalue weighted by Crippen LogP contribution is 2.29. The second kappa shape index (κ2) is 3.80. The van der Waals surface area contributed by atoms with Crippen LogP contribution in [0.2, 0.25) is 5.02 Å². The Kier molecular flexibility index (Phi) is 2.73. The van der Waals surface area contributed by atoms with Crippen molar-refractivity contribution in [2.75, 3.05) is 30.2 Å². The lowest BCUT2D eigenvalue weighted by molar-refractivity contribution is 0.511. The molecule has 1 saturated heterocycles. The maximum Gasteiger partial charge on any atom is 0.303 e. The van der Waals surface area contributed by atoms with Crippen LogP contribution in [-0.4, -0.2) is 32.9 Å². The molecule has 0 spiro atoms. The summed E-state index contributed by atoms with van der Waals surface area (Å²) in [6, 6.07) is 4.82. The van der Waals surface area contributed by atoms with Gasteiger partial charge in [-0.1, -0.05) is 11.6 Å². The molecule has 16 heavy (non-hydrogen) atoms. The Morgan fingerprint density at radius 3 is 2.56 bits per heavy atom. The lowest BCUT2D eigenvalue weighted by atomic mass is 10.3. The molecule has 1 aromatic carbocycles. The van der Waals surface area contributed by atoms with Crippen molar-refractivity contribution >= 4 is 33.2 Å². The standard InChI is InChI=1S/C9H12ClN3O2S/c1-12-4-5-13(16(12,14)15)7-2-3-9(11)8(10)6-7/h2-3,6H,4-5,11H2,1H3. The smallest absolute Gasteiger partial charge is 0.303 e. The third-order valence-corrected chi connectivity index (χ3v) is 4.81. The molecule has 0 unspecified atom stereocenters. The van der Waals surface area contributed by atoms with E-state index in [-0.39, 0.29) is 0 Å². The van der Waals surface area contributed by atoms with E-state index in [4.69, 9.17) is 17.3 Å². The van der Waals surface area contributed by atoms with Gasteiger partial charge < -0.3 is 5.73 Å². The first kappa shape index (κ1) is 11.5. The van der Waals surface area contributed by atoms with Gasteiger partial charge in [0.2, 0.25) is 0 Å². The third-order valence-electron chi connectivity index (χ3n) is 2.56. The number of halogens is 1. The summed E-state index contributed by atoms with van der Waals surface area (Å²) in [7, 11) is -1.83. The SMILES string of the molecule is CN1CCN(c2ccc(N)c(Cl)c2)S1(=O)=O. The van der Waals surface area contributed by atoms with Crippen molar-refractivity contribution in [3.63, 3.8) is 0 Å². The summed E-state index contributed by atoms with van der Waals surface area (Å²) < 4.78 is 26.4. The summed E-state index contributed by atoms with van der Waals surface area (Å²) in [5, 5.41) is 0.363. The Morgan fingerprint density at radius 2 is 2.06 bits per heavy atom. The van der Waals surface area contributed by atoms with Gasteiger partial charge in [-0.2, -0.15) is 12.7 Å². The minimum atomic E-state index is -3.38. The van der Waals surface area contributed by atoms with Crippen LogP contribution in [-0.2, 0) is 10.2 Å². The molecule has 0 radical (unpaired) electrons. The van der Waals surface area contributed by atoms with Crippen molar-refractivity contribution in [2.45, 2.75) is 0 Å². The van der Waals surface area contributed by atoms with Gasteiger partial charge in [0, 0.05) is 20.1 Å². The molecular formula is C9H12ClN3O2S. The van der Waals surface area contributed by atoms with Crippen LogP contribution in [0.1, 0.15) is 0 Å². The van der Waals surface area contributed by atoms with Crippen LogP contribution >= 0.6 is 11.6 Å². The second-order valence-electron chi connectivity index (χ2n) is 3.61. The topological polar surface area (TPSA) is 66.6 Å². The van der Waals surface area contributed by atoms with Gasteiger partial charge >= 0.3 is 10.2 Å². The molecular weight excluding hydrogens is 250 g/mol. The number of rotatable bonds is 1. The zero-order valence-corrected chi connectivity index (χ0v) is 10.3. The molecule has 0 bridgehead atoms. The number of nitrogen functional groups attached to an aromatic ring is 1. The molecule has 0 aromatic heterocycles. The van der Waals surface area contributed by atoms with Gasteiger partial charge in [-0.15, -0.1) is 0 Å². The fraction of sp³-hybridized carbons (Fsp3) is 0.333. The van der Waals surface area contributed by atoms with E-state index in [1.54, 1.807) is 25.2 Å². The molecule has 88 valence electrons. The number of anilines is 2. The van der Waals surface area contributed by atoms with Crippen molar-refractivity contribution in [3.05, 3.63) is 23.2 Å². The lowest BCUT2D eigenvalue weighted by Crippen LogP contribution is -2.30. The van der Waals surface area contributed by atoms with E-state index in [2.05, 4.69) is 0 Å². The van der Waals surface area contributed by atoms with Crippen LogP contribution < -0.4 is 10.0 Å². The Labute approximate surface area is 99.6 Å². The fourth-order valence-electron chi connectivity index (χ4n) is 1.56. The van der Waals surface area contributed by atoms with Crippen molar-refractivity contribution in [1.82, 2.24) is 4.31 Å². The molecule has 2 rings (SSSR count). The average molecular weight is 262 g/mol. The number of nitrogens with zero attached hydrogens (tertiary/aromatic N) is 2. The number of hydrogen-bond acceptors (Lipinski definition) is 3. The number of benzene rings is 1. The van der Waals surface area contributed by atoms with E-state index in [1.807, 2.05) is 0 Å². The van der Waals surface area contributed by atoms with Crippen molar-refractivity contribution in [2.24, 2.45) is 0 Å². The fourth-order valence-corrected chi connectivity index (χ4v) is 3.08. The zero-order valence-electron chi connectivity index (χ0n) is 8.72. The first-order valence-corrected chi connectivity index (χ1v) is 6.49. The molecule has 7 heteroatoms. The van der Waals surface area contributed by atoms with Crippen LogP contribution in [0, 0.1) is 0 Å². The summed E-state index contributed by atoms with van der Waals surface area (Å²) in [6.45, 7) is 0.906. The van der Waals surface area contributed by atoms with Gasteiger partial charge in [0.25, 0.3) is 0 Å². The predicted molar refractivity (Wildman–Crippen MR) is 64.8 cm³/mol. The van der Waals surface area contributed by atoms with E-state index < -0.39 is 10.2 Å². The van der Waals surface area contributed by atoms with Gasteiger partial charge in [0.1, 0.15) is 0 Å². The van der Waals surface area contributed by atoms with Gasteiger partial charge in [-0.3, -0.25) is 4.31 Å². The summed E-state index contributed by atoms with van der Waals surface area (Å²) in [5.74, 6) is 0. The second-order valence-corrected chi connectivity index (χ2v) is 5.97. The van der Waals surface area contributed by atoms with E-state index in [0.717, 1.165) is 0 Å². The molecule has 1 aromatic rings. The first-order valence-electron chi connectivity index (χ1n) is 4.72. The molecule has 0 atom stereocenters. The number of likely N-dealkylation sites (N-methyl/N-ethyl adjacent to an activating group) is 1. The van der Waals surface area contributed by atoms with Gasteiger partial charge in [-0.05, 0) is 18.2 Å². The highest BCUT2D eigenvalue weighted by Gasteiger charge is 2.33. The first-order chi connectivity index (χ1) is 7.43. The molecule has 0 aliphatic carbocycles. The summed E-state index contributed by atoms with van der Waals surface area (Å²) in [6.07, 6.45) is 0. The monoisotopic (exact) mass is 261 g/mol. The molecule has 1 fully saturated rings. The van der Waals surface area contributed by atoms with Gasteiger partial charge in [-0.25, -0.2) is 0 Å². The maximum atomic E-state index is 11.9. The highest BCUT2D eigenvalue weighted by molar-refractivity contribution is 7.90. The van der Waals surface area contributed by atoms with Crippen LogP contribution in [0.3, 0.4) is 0 Å². The predicted octanol–water partition coefficient (Wildman–Crippen LogP) is 0.919. The Morgan fingerprint density at radius 1 is 1.38 bits per heavy atom. The Hall–Kier alpha value is -0.980. The largest absolute Gasteiger partial charge is 0.398 e. The van der Waals surface area contributed by atoms with Crippen molar-refractivity contribution in [1.29, 1.82) is 0 Å².